The molecule has 3 aromatic rings. The summed E-state index contributed by atoms with van der Waals surface area (Å²) < 4.78 is 10.5. The first-order valence-electron chi connectivity index (χ1n) is 9.88. The van der Waals surface area contributed by atoms with Crippen molar-refractivity contribution < 1.29 is 9.47 Å². The van der Waals surface area contributed by atoms with Crippen molar-refractivity contribution in [3.63, 3.8) is 0 Å². The van der Waals surface area contributed by atoms with Gasteiger partial charge in [0.25, 0.3) is 0 Å². The zero-order valence-corrected chi connectivity index (χ0v) is 18.6. The quantitative estimate of drug-likeness (QED) is 0.489. The normalized spacial score (nSPS) is 13.9. The lowest BCUT2D eigenvalue weighted by Gasteiger charge is -2.13. The van der Waals surface area contributed by atoms with Gasteiger partial charge in [-0.1, -0.05) is 12.8 Å². The third-order valence-electron chi connectivity index (χ3n) is 4.82. The minimum Gasteiger partial charge on any atom is -0.497 e. The van der Waals surface area contributed by atoms with Crippen LogP contribution in [0.3, 0.4) is 0 Å². The monoisotopic (exact) mass is 440 g/mol. The molecule has 2 aromatic carbocycles. The summed E-state index contributed by atoms with van der Waals surface area (Å²) in [4.78, 5) is 16.1. The first-order valence-corrected chi connectivity index (χ1v) is 11.5. The molecule has 156 valence electrons. The molecule has 0 radical (unpaired) electrons. The molecule has 4 rings (SSSR count). The number of hydrogen-bond donors (Lipinski definition) is 1. The fourth-order valence-electron chi connectivity index (χ4n) is 3.24. The summed E-state index contributed by atoms with van der Waals surface area (Å²) in [5, 5.41) is 4.85. The molecule has 1 heterocycles. The van der Waals surface area contributed by atoms with E-state index in [2.05, 4.69) is 20.3 Å². The lowest BCUT2D eigenvalue weighted by molar-refractivity contribution is 0.414. The Hall–Kier alpha value is -2.45. The average Bonchev–Trinajstić information content (AvgIpc) is 3.28. The third kappa shape index (κ3) is 5.58. The lowest BCUT2D eigenvalue weighted by atomic mass is 10.3. The molecule has 0 bridgehead atoms. The maximum atomic E-state index is 5.24. The molecule has 1 saturated carbocycles. The highest BCUT2D eigenvalue weighted by Gasteiger charge is 2.17. The van der Waals surface area contributed by atoms with Crippen molar-refractivity contribution in [3.05, 3.63) is 48.5 Å². The van der Waals surface area contributed by atoms with Gasteiger partial charge in [0.1, 0.15) is 11.5 Å². The molecular formula is C22H24N4O2S2. The molecule has 0 aliphatic heterocycles. The molecule has 0 spiro atoms. The Morgan fingerprint density at radius 1 is 0.733 bits per heavy atom. The SMILES string of the molecule is COc1ccc(Sc2nc(NC3CCCC3)nc(Sc3ccc(OC)cc3)n2)cc1. The Morgan fingerprint density at radius 3 is 1.63 bits per heavy atom. The number of nitrogens with one attached hydrogen (secondary N) is 1. The van der Waals surface area contributed by atoms with Crippen LogP contribution in [0.1, 0.15) is 25.7 Å². The van der Waals surface area contributed by atoms with E-state index < -0.39 is 0 Å². The minimum absolute atomic E-state index is 0.435. The Balaban J connectivity index is 1.57. The number of rotatable bonds is 8. The van der Waals surface area contributed by atoms with Crippen molar-refractivity contribution in [2.24, 2.45) is 0 Å². The largest absolute Gasteiger partial charge is 0.497 e. The van der Waals surface area contributed by atoms with Gasteiger partial charge >= 0.3 is 0 Å². The maximum absolute atomic E-state index is 5.24. The van der Waals surface area contributed by atoms with Crippen LogP contribution in [-0.2, 0) is 0 Å². The first kappa shape index (κ1) is 20.8. The molecule has 1 N–H and O–H groups in total. The van der Waals surface area contributed by atoms with Crippen LogP contribution in [0.15, 0.2) is 68.6 Å². The predicted molar refractivity (Wildman–Crippen MR) is 120 cm³/mol. The molecule has 1 aliphatic carbocycles. The molecule has 1 aromatic heterocycles. The Bertz CT molecular complexity index is 894. The number of nitrogens with zero attached hydrogens (tertiary/aromatic N) is 3. The Morgan fingerprint density at radius 2 is 1.20 bits per heavy atom. The van der Waals surface area contributed by atoms with Crippen molar-refractivity contribution in [3.8, 4) is 11.5 Å². The summed E-state index contributed by atoms with van der Waals surface area (Å²) in [7, 11) is 3.33. The predicted octanol–water partition coefficient (Wildman–Crippen LogP) is 5.55. The highest BCUT2D eigenvalue weighted by atomic mass is 32.2. The van der Waals surface area contributed by atoms with Gasteiger partial charge in [0.15, 0.2) is 10.3 Å². The van der Waals surface area contributed by atoms with Crippen LogP contribution in [0.4, 0.5) is 5.95 Å². The molecule has 1 fully saturated rings. The smallest absolute Gasteiger partial charge is 0.227 e. The van der Waals surface area contributed by atoms with Gasteiger partial charge in [-0.25, -0.2) is 0 Å². The number of benzene rings is 2. The van der Waals surface area contributed by atoms with E-state index >= 15 is 0 Å². The van der Waals surface area contributed by atoms with E-state index in [0.717, 1.165) is 34.1 Å². The molecule has 0 amide bonds. The number of anilines is 1. The van der Waals surface area contributed by atoms with E-state index in [4.69, 9.17) is 9.47 Å². The van der Waals surface area contributed by atoms with Crippen molar-refractivity contribution >= 4 is 29.5 Å². The van der Waals surface area contributed by atoms with E-state index in [-0.39, 0.29) is 0 Å². The van der Waals surface area contributed by atoms with E-state index in [1.807, 2.05) is 48.5 Å². The molecule has 6 nitrogen and oxygen atoms in total. The first-order chi connectivity index (χ1) is 14.7. The Labute approximate surface area is 185 Å². The van der Waals surface area contributed by atoms with Gasteiger partial charge in [0.05, 0.1) is 14.2 Å². The lowest BCUT2D eigenvalue weighted by Crippen LogP contribution is -2.17. The summed E-state index contributed by atoms with van der Waals surface area (Å²) in [5.74, 6) is 2.30. The zero-order chi connectivity index (χ0) is 20.8. The number of hydrogen-bond acceptors (Lipinski definition) is 8. The van der Waals surface area contributed by atoms with Crippen LogP contribution in [0.2, 0.25) is 0 Å². The summed E-state index contributed by atoms with van der Waals surface area (Å²) in [6.45, 7) is 0. The van der Waals surface area contributed by atoms with E-state index in [1.54, 1.807) is 14.2 Å². The second-order valence-corrected chi connectivity index (χ2v) is 8.99. The van der Waals surface area contributed by atoms with Crippen LogP contribution in [-0.4, -0.2) is 35.2 Å². The van der Waals surface area contributed by atoms with Gasteiger partial charge in [-0.05, 0) is 84.9 Å². The van der Waals surface area contributed by atoms with Crippen molar-refractivity contribution in [2.75, 3.05) is 19.5 Å². The maximum Gasteiger partial charge on any atom is 0.227 e. The molecule has 0 atom stereocenters. The van der Waals surface area contributed by atoms with E-state index in [0.29, 0.717) is 22.3 Å². The molecule has 1 aliphatic rings. The van der Waals surface area contributed by atoms with Gasteiger partial charge in [0, 0.05) is 15.8 Å². The van der Waals surface area contributed by atoms with Gasteiger partial charge in [-0.3, -0.25) is 0 Å². The van der Waals surface area contributed by atoms with Crippen LogP contribution < -0.4 is 14.8 Å². The summed E-state index contributed by atoms with van der Waals surface area (Å²) >= 11 is 3.04. The fraction of sp³-hybridized carbons (Fsp3) is 0.318. The third-order valence-corrected chi connectivity index (χ3v) is 6.57. The van der Waals surface area contributed by atoms with E-state index in [1.165, 1.54) is 36.4 Å². The number of methoxy groups -OCH3 is 2. The number of ether oxygens (including phenoxy) is 2. The summed E-state index contributed by atoms with van der Waals surface area (Å²) in [6, 6.07) is 16.2. The van der Waals surface area contributed by atoms with Gasteiger partial charge in [-0.2, -0.15) is 15.0 Å². The highest BCUT2D eigenvalue weighted by molar-refractivity contribution is 7.99. The molecular weight excluding hydrogens is 416 g/mol. The standard InChI is InChI=1S/C22H24N4O2S2/c1-27-16-7-11-18(12-8-16)29-21-24-20(23-15-5-3-4-6-15)25-22(26-21)30-19-13-9-17(28-2)10-14-19/h7-15H,3-6H2,1-2H3,(H,23,24,25,26). The number of aromatic nitrogens is 3. The molecule has 30 heavy (non-hydrogen) atoms. The Kier molecular flexibility index (Phi) is 6.96. The van der Waals surface area contributed by atoms with Crippen molar-refractivity contribution in [1.82, 2.24) is 15.0 Å². The molecule has 0 saturated heterocycles. The fourth-order valence-corrected chi connectivity index (χ4v) is 4.80. The van der Waals surface area contributed by atoms with Crippen LogP contribution in [0.25, 0.3) is 0 Å². The van der Waals surface area contributed by atoms with Crippen LogP contribution >= 0.6 is 23.5 Å². The second kappa shape index (κ2) is 10.0. The molecule has 0 unspecified atom stereocenters. The highest BCUT2D eigenvalue weighted by Crippen LogP contribution is 2.32. The van der Waals surface area contributed by atoms with E-state index in [9.17, 15) is 0 Å². The van der Waals surface area contributed by atoms with Gasteiger partial charge < -0.3 is 14.8 Å². The zero-order valence-electron chi connectivity index (χ0n) is 17.0. The van der Waals surface area contributed by atoms with Gasteiger partial charge in [-0.15, -0.1) is 0 Å². The second-order valence-electron chi connectivity index (χ2n) is 6.91. The summed E-state index contributed by atoms with van der Waals surface area (Å²) in [5.41, 5.74) is 0. The van der Waals surface area contributed by atoms with Crippen LogP contribution in [0, 0.1) is 0 Å². The van der Waals surface area contributed by atoms with Crippen molar-refractivity contribution in [2.45, 2.75) is 51.8 Å². The molecule has 8 heteroatoms. The van der Waals surface area contributed by atoms with Crippen molar-refractivity contribution in [1.29, 1.82) is 0 Å². The topological polar surface area (TPSA) is 69.2 Å². The van der Waals surface area contributed by atoms with Crippen LogP contribution in [0.5, 0.6) is 11.5 Å². The minimum atomic E-state index is 0.435. The average molecular weight is 441 g/mol. The summed E-state index contributed by atoms with van der Waals surface area (Å²) in [6.07, 6.45) is 4.83. The van der Waals surface area contributed by atoms with Gasteiger partial charge in [0.2, 0.25) is 5.95 Å².